The summed E-state index contributed by atoms with van der Waals surface area (Å²) in [7, 11) is 0. The molecular formula is C25H30N4O3S. The number of aromatic nitrogens is 3. The molecule has 0 unspecified atom stereocenters. The number of hydrogen-bond acceptors (Lipinski definition) is 6. The number of thiophene rings is 1. The van der Waals surface area contributed by atoms with Gasteiger partial charge < -0.3 is 14.8 Å². The molecule has 0 spiro atoms. The summed E-state index contributed by atoms with van der Waals surface area (Å²) in [5.41, 5.74) is 3.59. The number of aromatic amines is 1. The fraction of sp³-hybridized carbons (Fsp3) is 0.440. The molecule has 1 saturated heterocycles. The number of nitrogens with one attached hydrogen (secondary N) is 1. The number of carbonyl (C=O) groups is 1. The molecule has 0 atom stereocenters. The van der Waals surface area contributed by atoms with E-state index in [2.05, 4.69) is 21.0 Å². The van der Waals surface area contributed by atoms with Crippen LogP contribution in [0.25, 0.3) is 32.5 Å². The standard InChI is InChI=1S/C25H30N4O3S/c1-25(2,3)32-24(31)29-21-13-18(14-28-9-5-4-6-10-28)33-23(21)22(27-29)20-12-17-11-16(15-30)7-8-19(17)26-20/h7-8,11-13,26,30H,4-6,9-10,14-15H2,1-3H3. The van der Waals surface area contributed by atoms with Gasteiger partial charge in [-0.2, -0.15) is 9.78 Å². The number of rotatable bonds is 4. The molecule has 1 aromatic carbocycles. The van der Waals surface area contributed by atoms with Crippen molar-refractivity contribution < 1.29 is 14.6 Å². The third-order valence-corrected chi connectivity index (χ3v) is 7.04. The number of hydrogen-bond donors (Lipinski definition) is 2. The van der Waals surface area contributed by atoms with Crippen molar-refractivity contribution in [2.45, 2.75) is 58.8 Å². The van der Waals surface area contributed by atoms with Gasteiger partial charge in [-0.1, -0.05) is 12.5 Å². The first-order chi connectivity index (χ1) is 15.8. The summed E-state index contributed by atoms with van der Waals surface area (Å²) in [6.07, 6.45) is 3.32. The molecule has 1 aliphatic heterocycles. The van der Waals surface area contributed by atoms with Crippen LogP contribution in [0.3, 0.4) is 0 Å². The zero-order chi connectivity index (χ0) is 23.2. The highest BCUT2D eigenvalue weighted by atomic mass is 32.1. The van der Waals surface area contributed by atoms with E-state index in [9.17, 15) is 9.90 Å². The van der Waals surface area contributed by atoms with E-state index >= 15 is 0 Å². The molecule has 7 nitrogen and oxygen atoms in total. The predicted octanol–water partition coefficient (Wildman–Crippen LogP) is 5.51. The van der Waals surface area contributed by atoms with Gasteiger partial charge in [0.05, 0.1) is 22.5 Å². The number of benzene rings is 1. The molecular weight excluding hydrogens is 436 g/mol. The van der Waals surface area contributed by atoms with Gasteiger partial charge in [0, 0.05) is 22.3 Å². The Morgan fingerprint density at radius 2 is 1.97 bits per heavy atom. The number of likely N-dealkylation sites (tertiary alicyclic amines) is 1. The first-order valence-corrected chi connectivity index (χ1v) is 12.3. The molecule has 4 aromatic rings. The van der Waals surface area contributed by atoms with Gasteiger partial charge in [0.1, 0.15) is 11.3 Å². The quantitative estimate of drug-likeness (QED) is 0.414. The molecule has 3 aromatic heterocycles. The minimum Gasteiger partial charge on any atom is -0.442 e. The third kappa shape index (κ3) is 4.55. The first kappa shape index (κ1) is 22.1. The summed E-state index contributed by atoms with van der Waals surface area (Å²) in [5.74, 6) is 0. The second-order valence-electron chi connectivity index (χ2n) is 9.77. The van der Waals surface area contributed by atoms with E-state index in [1.54, 1.807) is 11.3 Å². The van der Waals surface area contributed by atoms with Gasteiger partial charge in [0.25, 0.3) is 0 Å². The lowest BCUT2D eigenvalue weighted by Crippen LogP contribution is -2.28. The Bertz CT molecular complexity index is 1300. The molecule has 4 heterocycles. The van der Waals surface area contributed by atoms with Crippen molar-refractivity contribution in [2.24, 2.45) is 0 Å². The summed E-state index contributed by atoms with van der Waals surface area (Å²) >= 11 is 1.69. The van der Waals surface area contributed by atoms with Gasteiger partial charge in [-0.15, -0.1) is 11.3 Å². The molecule has 0 saturated carbocycles. The molecule has 174 valence electrons. The summed E-state index contributed by atoms with van der Waals surface area (Å²) in [4.78, 5) is 20.1. The first-order valence-electron chi connectivity index (χ1n) is 11.5. The summed E-state index contributed by atoms with van der Waals surface area (Å²) in [6, 6.07) is 9.94. The van der Waals surface area contributed by atoms with Crippen LogP contribution < -0.4 is 0 Å². The van der Waals surface area contributed by atoms with Crippen LogP contribution in [0.2, 0.25) is 0 Å². The number of fused-ring (bicyclic) bond motifs is 2. The van der Waals surface area contributed by atoms with Crippen LogP contribution in [0, 0.1) is 0 Å². The highest BCUT2D eigenvalue weighted by Crippen LogP contribution is 2.37. The van der Waals surface area contributed by atoms with E-state index in [0.717, 1.165) is 57.7 Å². The zero-order valence-electron chi connectivity index (χ0n) is 19.4. The van der Waals surface area contributed by atoms with Gasteiger partial charge >= 0.3 is 6.09 Å². The lowest BCUT2D eigenvalue weighted by Gasteiger charge is -2.25. The molecule has 8 heteroatoms. The highest BCUT2D eigenvalue weighted by Gasteiger charge is 2.25. The molecule has 5 rings (SSSR count). The third-order valence-electron chi connectivity index (χ3n) is 5.92. The molecule has 0 aliphatic carbocycles. The lowest BCUT2D eigenvalue weighted by atomic mass is 10.1. The van der Waals surface area contributed by atoms with E-state index in [1.807, 2.05) is 45.0 Å². The fourth-order valence-corrected chi connectivity index (χ4v) is 5.58. The number of carbonyl (C=O) groups excluding carboxylic acids is 1. The smallest absolute Gasteiger partial charge is 0.435 e. The van der Waals surface area contributed by atoms with Gasteiger partial charge in [-0.3, -0.25) is 4.90 Å². The maximum Gasteiger partial charge on any atom is 0.435 e. The SMILES string of the molecule is CC(C)(C)OC(=O)n1nc(-c2cc3cc(CO)ccc3[nH]2)c2sc(CN3CCCCC3)cc21. The van der Waals surface area contributed by atoms with E-state index < -0.39 is 11.7 Å². The highest BCUT2D eigenvalue weighted by molar-refractivity contribution is 7.19. The second kappa shape index (κ2) is 8.59. The minimum atomic E-state index is -0.607. The van der Waals surface area contributed by atoms with Gasteiger partial charge in [-0.25, -0.2) is 4.79 Å². The van der Waals surface area contributed by atoms with Gasteiger partial charge in [0.2, 0.25) is 0 Å². The van der Waals surface area contributed by atoms with E-state index in [1.165, 1.54) is 28.8 Å². The van der Waals surface area contributed by atoms with Gasteiger partial charge in [-0.05, 0) is 76.5 Å². The minimum absolute atomic E-state index is 0.00124. The monoisotopic (exact) mass is 466 g/mol. The number of ether oxygens (including phenoxy) is 1. The van der Waals surface area contributed by atoms with Crippen LogP contribution >= 0.6 is 11.3 Å². The van der Waals surface area contributed by atoms with Crippen LogP contribution in [-0.4, -0.2) is 49.6 Å². The van der Waals surface area contributed by atoms with Crippen molar-refractivity contribution in [1.82, 2.24) is 19.7 Å². The second-order valence-corrected chi connectivity index (χ2v) is 10.9. The number of aliphatic hydroxyl groups excluding tert-OH is 1. The average molecular weight is 467 g/mol. The largest absolute Gasteiger partial charge is 0.442 e. The molecule has 2 N–H and O–H groups in total. The fourth-order valence-electron chi connectivity index (χ4n) is 4.40. The van der Waals surface area contributed by atoms with E-state index in [0.29, 0.717) is 0 Å². The van der Waals surface area contributed by atoms with Crippen molar-refractivity contribution in [1.29, 1.82) is 0 Å². The Labute approximate surface area is 197 Å². The molecule has 33 heavy (non-hydrogen) atoms. The molecule has 0 radical (unpaired) electrons. The maximum absolute atomic E-state index is 13.0. The average Bonchev–Trinajstić information content (AvgIpc) is 3.45. The van der Waals surface area contributed by atoms with E-state index in [4.69, 9.17) is 4.74 Å². The van der Waals surface area contributed by atoms with Crippen LogP contribution in [0.1, 0.15) is 50.5 Å². The van der Waals surface area contributed by atoms with Gasteiger partial charge in [0.15, 0.2) is 0 Å². The van der Waals surface area contributed by atoms with Crippen LogP contribution in [0.15, 0.2) is 30.3 Å². The summed E-state index contributed by atoms with van der Waals surface area (Å²) in [5, 5.41) is 15.2. The number of H-pyrrole nitrogens is 1. The van der Waals surface area contributed by atoms with Crippen LogP contribution in [0.5, 0.6) is 0 Å². The van der Waals surface area contributed by atoms with Crippen LogP contribution in [-0.2, 0) is 17.9 Å². The van der Waals surface area contributed by atoms with Crippen molar-refractivity contribution in [2.75, 3.05) is 13.1 Å². The van der Waals surface area contributed by atoms with E-state index in [-0.39, 0.29) is 6.61 Å². The summed E-state index contributed by atoms with van der Waals surface area (Å²) in [6.45, 7) is 8.70. The molecule has 1 fully saturated rings. The van der Waals surface area contributed by atoms with Crippen molar-refractivity contribution >= 4 is 38.5 Å². The van der Waals surface area contributed by atoms with Crippen LogP contribution in [0.4, 0.5) is 4.79 Å². The topological polar surface area (TPSA) is 83.4 Å². The van der Waals surface area contributed by atoms with Crippen molar-refractivity contribution in [3.05, 3.63) is 40.8 Å². The normalized spacial score (nSPS) is 15.5. The number of piperidine rings is 1. The number of nitrogens with zero attached hydrogens (tertiary/aromatic N) is 3. The Morgan fingerprint density at radius 1 is 1.18 bits per heavy atom. The number of aliphatic hydroxyl groups is 1. The van der Waals surface area contributed by atoms with Crippen molar-refractivity contribution in [3.63, 3.8) is 0 Å². The molecule has 0 bridgehead atoms. The summed E-state index contributed by atoms with van der Waals surface area (Å²) < 4.78 is 8.02. The molecule has 0 amide bonds. The lowest BCUT2D eigenvalue weighted by molar-refractivity contribution is 0.0523. The Kier molecular flexibility index (Phi) is 5.76. The molecule has 1 aliphatic rings. The Balaban J connectivity index is 1.58. The Morgan fingerprint density at radius 3 is 2.70 bits per heavy atom. The zero-order valence-corrected chi connectivity index (χ0v) is 20.2. The van der Waals surface area contributed by atoms with Crippen molar-refractivity contribution in [3.8, 4) is 11.4 Å². The Hall–Kier alpha value is -2.68. The predicted molar refractivity (Wildman–Crippen MR) is 132 cm³/mol. The maximum atomic E-state index is 13.0.